The molecule has 174 valence electrons. The van der Waals surface area contributed by atoms with Crippen LogP contribution >= 0.6 is 0 Å². The lowest BCUT2D eigenvalue weighted by atomic mass is 9.95. The monoisotopic (exact) mass is 468 g/mol. The third-order valence-electron chi connectivity index (χ3n) is 6.72. The number of sulfonamides is 1. The van der Waals surface area contributed by atoms with E-state index >= 15 is 0 Å². The summed E-state index contributed by atoms with van der Waals surface area (Å²) >= 11 is 0. The summed E-state index contributed by atoms with van der Waals surface area (Å²) in [5.74, 6) is -0.287. The molecule has 0 fully saturated rings. The highest BCUT2D eigenvalue weighted by atomic mass is 32.2. The van der Waals surface area contributed by atoms with E-state index < -0.39 is 10.0 Å². The predicted octanol–water partition coefficient (Wildman–Crippen LogP) is 1.31. The molecule has 5 rings (SSSR count). The van der Waals surface area contributed by atoms with E-state index in [1.54, 1.807) is 24.7 Å². The van der Waals surface area contributed by atoms with Crippen molar-refractivity contribution < 1.29 is 13.2 Å². The third-order valence-corrected chi connectivity index (χ3v) is 8.68. The molecule has 0 saturated carbocycles. The van der Waals surface area contributed by atoms with Crippen LogP contribution in [0.1, 0.15) is 38.6 Å². The van der Waals surface area contributed by atoms with Gasteiger partial charge in [-0.2, -0.15) is 9.40 Å². The summed E-state index contributed by atoms with van der Waals surface area (Å²) in [6, 6.07) is 9.48. The zero-order chi connectivity index (χ0) is 23.2. The average Bonchev–Trinajstić information content (AvgIpc) is 3.41. The van der Waals surface area contributed by atoms with E-state index in [0.29, 0.717) is 31.0 Å². The highest BCUT2D eigenvalue weighted by molar-refractivity contribution is 7.89. The molecule has 9 nitrogen and oxygen atoms in total. The fourth-order valence-electron chi connectivity index (χ4n) is 4.70. The van der Waals surface area contributed by atoms with Crippen molar-refractivity contribution in [3.63, 3.8) is 0 Å². The second-order valence-corrected chi connectivity index (χ2v) is 10.5. The minimum absolute atomic E-state index is 0.172. The van der Waals surface area contributed by atoms with Gasteiger partial charge < -0.3 is 15.2 Å². The minimum Gasteiger partial charge on any atom is -0.347 e. The Hall–Kier alpha value is -2.95. The molecular weight excluding hydrogens is 440 g/mol. The van der Waals surface area contributed by atoms with E-state index in [1.807, 2.05) is 22.9 Å². The SMILES string of the molecule is Cc1c(S(=O)(=O)N2CCn3nccc3C2)cc(C(=O)NCc2cccc3c2CCNC3)n1C. The smallest absolute Gasteiger partial charge is 0.268 e. The van der Waals surface area contributed by atoms with Crippen molar-refractivity contribution in [2.24, 2.45) is 7.05 Å². The topological polar surface area (TPSA) is 101 Å². The van der Waals surface area contributed by atoms with Gasteiger partial charge in [-0.05, 0) is 48.7 Å². The Morgan fingerprint density at radius 1 is 1.24 bits per heavy atom. The van der Waals surface area contributed by atoms with E-state index in [-0.39, 0.29) is 17.3 Å². The van der Waals surface area contributed by atoms with Crippen LogP contribution in [0.25, 0.3) is 0 Å². The summed E-state index contributed by atoms with van der Waals surface area (Å²) in [5.41, 5.74) is 5.39. The van der Waals surface area contributed by atoms with Gasteiger partial charge in [-0.15, -0.1) is 0 Å². The van der Waals surface area contributed by atoms with Crippen LogP contribution in [0.15, 0.2) is 41.4 Å². The fraction of sp³-hybridized carbons (Fsp3) is 0.391. The van der Waals surface area contributed by atoms with Crippen molar-refractivity contribution in [3.8, 4) is 0 Å². The van der Waals surface area contributed by atoms with Crippen LogP contribution in [0.3, 0.4) is 0 Å². The molecule has 2 N–H and O–H groups in total. The number of benzene rings is 1. The molecule has 4 heterocycles. The maximum Gasteiger partial charge on any atom is 0.268 e. The molecule has 10 heteroatoms. The molecule has 1 aromatic carbocycles. The second-order valence-electron chi connectivity index (χ2n) is 8.59. The summed E-state index contributed by atoms with van der Waals surface area (Å²) in [6.45, 7) is 5.04. The summed E-state index contributed by atoms with van der Waals surface area (Å²) in [6.07, 6.45) is 2.61. The molecule has 0 spiro atoms. The van der Waals surface area contributed by atoms with Crippen molar-refractivity contribution in [1.29, 1.82) is 0 Å². The van der Waals surface area contributed by atoms with E-state index in [2.05, 4.69) is 21.8 Å². The molecule has 0 atom stereocenters. The Balaban J connectivity index is 1.36. The number of amides is 1. The molecule has 0 aliphatic carbocycles. The van der Waals surface area contributed by atoms with Gasteiger partial charge in [0.1, 0.15) is 10.6 Å². The largest absolute Gasteiger partial charge is 0.347 e. The van der Waals surface area contributed by atoms with Crippen LogP contribution in [0, 0.1) is 6.92 Å². The highest BCUT2D eigenvalue weighted by Gasteiger charge is 2.32. The Labute approximate surface area is 193 Å². The molecular formula is C23H28N6O3S. The molecule has 2 aliphatic rings. The first-order valence-electron chi connectivity index (χ1n) is 11.1. The van der Waals surface area contributed by atoms with Crippen LogP contribution in [-0.2, 0) is 49.7 Å². The third kappa shape index (κ3) is 3.88. The Kier molecular flexibility index (Phi) is 5.59. The number of nitrogens with zero attached hydrogens (tertiary/aromatic N) is 4. The molecule has 0 unspecified atom stereocenters. The van der Waals surface area contributed by atoms with Crippen molar-refractivity contribution in [3.05, 3.63) is 70.3 Å². The maximum absolute atomic E-state index is 13.4. The number of fused-ring (bicyclic) bond motifs is 2. The van der Waals surface area contributed by atoms with Crippen LogP contribution in [-0.4, -0.2) is 46.1 Å². The van der Waals surface area contributed by atoms with Crippen LogP contribution in [0.4, 0.5) is 0 Å². The summed E-state index contributed by atoms with van der Waals surface area (Å²) in [5, 5.41) is 10.6. The molecule has 2 aliphatic heterocycles. The summed E-state index contributed by atoms with van der Waals surface area (Å²) in [4.78, 5) is 13.2. The summed E-state index contributed by atoms with van der Waals surface area (Å²) in [7, 11) is -2.02. The van der Waals surface area contributed by atoms with E-state index in [4.69, 9.17) is 0 Å². The Morgan fingerprint density at radius 3 is 2.94 bits per heavy atom. The molecule has 0 radical (unpaired) electrons. The second kappa shape index (κ2) is 8.44. The zero-order valence-corrected chi connectivity index (χ0v) is 19.7. The van der Waals surface area contributed by atoms with Crippen molar-refractivity contribution in [2.75, 3.05) is 13.1 Å². The first-order chi connectivity index (χ1) is 15.9. The quantitative estimate of drug-likeness (QED) is 0.588. The molecule has 3 aromatic rings. The number of carbonyl (C=O) groups excluding carboxylic acids is 1. The van der Waals surface area contributed by atoms with Crippen molar-refractivity contribution >= 4 is 15.9 Å². The number of rotatable bonds is 5. The van der Waals surface area contributed by atoms with E-state index in [1.165, 1.54) is 21.5 Å². The normalized spacial score (nSPS) is 16.3. The lowest BCUT2D eigenvalue weighted by Gasteiger charge is -2.26. The fourth-order valence-corrected chi connectivity index (χ4v) is 6.37. The first kappa shape index (κ1) is 21.9. The van der Waals surface area contributed by atoms with Crippen LogP contribution in [0.5, 0.6) is 0 Å². The van der Waals surface area contributed by atoms with Gasteiger partial charge >= 0.3 is 0 Å². The van der Waals surface area contributed by atoms with Crippen LogP contribution < -0.4 is 10.6 Å². The lowest BCUT2D eigenvalue weighted by molar-refractivity contribution is 0.0942. The predicted molar refractivity (Wildman–Crippen MR) is 123 cm³/mol. The Morgan fingerprint density at radius 2 is 2.09 bits per heavy atom. The van der Waals surface area contributed by atoms with Gasteiger partial charge in [0.25, 0.3) is 5.91 Å². The Bertz CT molecular complexity index is 1320. The maximum atomic E-state index is 13.4. The number of carbonyl (C=O) groups is 1. The van der Waals surface area contributed by atoms with E-state index in [0.717, 1.165) is 30.8 Å². The van der Waals surface area contributed by atoms with Gasteiger partial charge in [0, 0.05) is 38.6 Å². The first-order valence-corrected chi connectivity index (χ1v) is 12.6. The zero-order valence-electron chi connectivity index (χ0n) is 18.8. The number of hydrogen-bond acceptors (Lipinski definition) is 5. The van der Waals surface area contributed by atoms with Gasteiger partial charge in [0.05, 0.1) is 18.8 Å². The minimum atomic E-state index is -3.74. The number of nitrogens with one attached hydrogen (secondary N) is 2. The molecule has 1 amide bonds. The molecule has 0 saturated heterocycles. The van der Waals surface area contributed by atoms with E-state index in [9.17, 15) is 13.2 Å². The number of aromatic nitrogens is 3. The molecule has 2 aromatic heterocycles. The lowest BCUT2D eigenvalue weighted by Crippen LogP contribution is -2.38. The van der Waals surface area contributed by atoms with Crippen molar-refractivity contribution in [1.82, 2.24) is 29.3 Å². The van der Waals surface area contributed by atoms with Gasteiger partial charge in [-0.25, -0.2) is 8.42 Å². The summed E-state index contributed by atoms with van der Waals surface area (Å²) < 4.78 is 31.8. The average molecular weight is 469 g/mol. The van der Waals surface area contributed by atoms with Gasteiger partial charge in [0.2, 0.25) is 10.0 Å². The molecule has 0 bridgehead atoms. The highest BCUT2D eigenvalue weighted by Crippen LogP contribution is 2.26. The molecule has 33 heavy (non-hydrogen) atoms. The van der Waals surface area contributed by atoms with Crippen molar-refractivity contribution in [2.45, 2.75) is 44.4 Å². The van der Waals surface area contributed by atoms with Gasteiger partial charge in [0.15, 0.2) is 0 Å². The van der Waals surface area contributed by atoms with Gasteiger partial charge in [-0.1, -0.05) is 18.2 Å². The number of hydrogen-bond donors (Lipinski definition) is 2. The van der Waals surface area contributed by atoms with Gasteiger partial charge in [-0.3, -0.25) is 9.48 Å². The standard InChI is InChI=1S/C23H28N6O3S/c1-16-22(33(31,32)28-10-11-29-19(15-28)6-9-26-29)12-21(27(16)2)23(30)25-14-18-5-3-4-17-13-24-8-7-20(17)18/h3-6,9,12,24H,7-8,10-11,13-15H2,1-2H3,(H,25,30). The van der Waals surface area contributed by atoms with Crippen LogP contribution in [0.2, 0.25) is 0 Å².